The summed E-state index contributed by atoms with van der Waals surface area (Å²) in [5, 5.41) is 2.74. The van der Waals surface area contributed by atoms with Crippen LogP contribution in [0.3, 0.4) is 0 Å². The van der Waals surface area contributed by atoms with E-state index in [1.54, 1.807) is 45.2 Å². The molecular weight excluding hydrogens is 382 g/mol. The van der Waals surface area contributed by atoms with E-state index in [1.165, 1.54) is 0 Å². The normalized spacial score (nSPS) is 11.4. The van der Waals surface area contributed by atoms with Gasteiger partial charge >= 0.3 is 0 Å². The summed E-state index contributed by atoms with van der Waals surface area (Å²) in [6, 6.07) is 7.25. The highest BCUT2D eigenvalue weighted by Gasteiger charge is 2.30. The van der Waals surface area contributed by atoms with Gasteiger partial charge in [-0.3, -0.25) is 4.79 Å². The van der Waals surface area contributed by atoms with Gasteiger partial charge in [0.25, 0.3) is 0 Å². The molecule has 2 rings (SSSR count). The summed E-state index contributed by atoms with van der Waals surface area (Å²) in [4.78, 5) is 11.6. The topological polar surface area (TPSA) is 38.3 Å². The number of hydrogen-bond donors (Lipinski definition) is 1. The molecule has 0 aliphatic carbocycles. The molecule has 2 aromatic rings. The highest BCUT2D eigenvalue weighted by molar-refractivity contribution is 7.99. The summed E-state index contributed by atoms with van der Waals surface area (Å²) in [6.45, 7) is 3.41. The Balaban J connectivity index is 2.00. The van der Waals surface area contributed by atoms with Crippen molar-refractivity contribution in [1.29, 1.82) is 0 Å². The van der Waals surface area contributed by atoms with E-state index in [1.807, 2.05) is 0 Å². The summed E-state index contributed by atoms with van der Waals surface area (Å²) in [5.74, 6) is -5.62. The Morgan fingerprint density at radius 2 is 1.63 bits per heavy atom. The summed E-state index contributed by atoms with van der Waals surface area (Å²) in [5.41, 5.74) is -0.185. The van der Waals surface area contributed by atoms with E-state index in [4.69, 9.17) is 4.74 Å². The number of methoxy groups -OCH3 is 1. The van der Waals surface area contributed by atoms with Crippen molar-refractivity contribution in [2.24, 2.45) is 5.41 Å². The van der Waals surface area contributed by atoms with Crippen molar-refractivity contribution in [2.45, 2.75) is 25.3 Å². The molecule has 0 aromatic heterocycles. The van der Waals surface area contributed by atoms with E-state index in [-0.39, 0.29) is 24.3 Å². The predicted molar refractivity (Wildman–Crippen MR) is 95.6 cm³/mol. The Kier molecular flexibility index (Phi) is 6.75. The predicted octanol–water partition coefficient (Wildman–Crippen LogP) is 4.69. The number of rotatable bonds is 7. The Labute approximate surface area is 159 Å². The van der Waals surface area contributed by atoms with Crippen molar-refractivity contribution < 1.29 is 27.1 Å². The fourth-order valence-electron chi connectivity index (χ4n) is 2.16. The number of thioether (sulfide) groups is 1. The van der Waals surface area contributed by atoms with Gasteiger partial charge in [0, 0.05) is 18.4 Å². The Bertz CT molecular complexity index is 799. The quantitative estimate of drug-likeness (QED) is 0.416. The number of carbonyl (C=O) groups excluding carboxylic acids is 1. The van der Waals surface area contributed by atoms with Crippen LogP contribution in [-0.4, -0.2) is 18.8 Å². The second-order valence-corrected chi connectivity index (χ2v) is 7.49. The minimum Gasteiger partial charge on any atom is -0.497 e. The summed E-state index contributed by atoms with van der Waals surface area (Å²) < 4.78 is 59.1. The van der Waals surface area contributed by atoms with Gasteiger partial charge in [0.15, 0.2) is 23.3 Å². The Morgan fingerprint density at radius 3 is 2.15 bits per heavy atom. The van der Waals surface area contributed by atoms with Gasteiger partial charge in [0.2, 0.25) is 5.91 Å². The van der Waals surface area contributed by atoms with Gasteiger partial charge in [0.1, 0.15) is 5.75 Å². The van der Waals surface area contributed by atoms with E-state index >= 15 is 0 Å². The Morgan fingerprint density at radius 1 is 1.07 bits per heavy atom. The van der Waals surface area contributed by atoms with Crippen LogP contribution >= 0.6 is 11.8 Å². The average Bonchev–Trinajstić information content (AvgIpc) is 2.64. The van der Waals surface area contributed by atoms with Gasteiger partial charge < -0.3 is 10.1 Å². The van der Waals surface area contributed by atoms with Crippen LogP contribution in [0, 0.1) is 28.7 Å². The molecule has 0 atom stereocenters. The minimum atomic E-state index is -1.47. The zero-order valence-electron chi connectivity index (χ0n) is 15.0. The lowest BCUT2D eigenvalue weighted by atomic mass is 9.95. The van der Waals surface area contributed by atoms with Crippen molar-refractivity contribution in [1.82, 2.24) is 5.32 Å². The largest absolute Gasteiger partial charge is 0.497 e. The lowest BCUT2D eigenvalue weighted by Gasteiger charge is -2.23. The molecule has 3 nitrogen and oxygen atoms in total. The van der Waals surface area contributed by atoms with Crippen LogP contribution in [-0.2, 0) is 11.3 Å². The van der Waals surface area contributed by atoms with Gasteiger partial charge in [-0.2, -0.15) is 0 Å². The third-order valence-electron chi connectivity index (χ3n) is 3.88. The zero-order chi connectivity index (χ0) is 20.2. The van der Waals surface area contributed by atoms with Crippen molar-refractivity contribution >= 4 is 17.7 Å². The van der Waals surface area contributed by atoms with Gasteiger partial charge in [-0.05, 0) is 17.7 Å². The minimum absolute atomic E-state index is 0.0713. The number of halogens is 4. The Hall–Kier alpha value is -2.22. The van der Waals surface area contributed by atoms with Gasteiger partial charge in [-0.1, -0.05) is 26.0 Å². The number of carbonyl (C=O) groups is 1. The molecule has 0 spiro atoms. The van der Waals surface area contributed by atoms with Crippen molar-refractivity contribution in [3.05, 3.63) is 59.2 Å². The van der Waals surface area contributed by atoms with Crippen LogP contribution in [0.2, 0.25) is 0 Å². The van der Waals surface area contributed by atoms with Crippen molar-refractivity contribution in [3.63, 3.8) is 0 Å². The first-order valence-electron chi connectivity index (χ1n) is 8.02. The first kappa shape index (κ1) is 21.1. The molecule has 146 valence electrons. The van der Waals surface area contributed by atoms with Crippen LogP contribution in [0.4, 0.5) is 17.6 Å². The third-order valence-corrected chi connectivity index (χ3v) is 5.39. The van der Waals surface area contributed by atoms with E-state index in [0.717, 1.165) is 5.56 Å². The fraction of sp³-hybridized carbons (Fsp3) is 0.316. The molecule has 1 amide bonds. The van der Waals surface area contributed by atoms with Crippen LogP contribution in [0.15, 0.2) is 35.2 Å². The highest BCUT2D eigenvalue weighted by atomic mass is 32.2. The van der Waals surface area contributed by atoms with Gasteiger partial charge in [0.05, 0.1) is 17.4 Å². The zero-order valence-corrected chi connectivity index (χ0v) is 15.9. The maximum absolute atomic E-state index is 13.7. The van der Waals surface area contributed by atoms with Gasteiger partial charge in [-0.25, -0.2) is 17.6 Å². The summed E-state index contributed by atoms with van der Waals surface area (Å²) in [6.07, 6.45) is 0. The first-order chi connectivity index (χ1) is 12.7. The number of ether oxygens (including phenoxy) is 1. The van der Waals surface area contributed by atoms with E-state index in [9.17, 15) is 22.4 Å². The first-order valence-corrected chi connectivity index (χ1v) is 9.01. The molecule has 0 fully saturated rings. The number of nitrogens with one attached hydrogen (secondary N) is 1. The highest BCUT2D eigenvalue weighted by Crippen LogP contribution is 2.33. The molecular formula is C19H19F4NO2S. The summed E-state index contributed by atoms with van der Waals surface area (Å²) in [7, 11) is 1.55. The molecule has 0 radical (unpaired) electrons. The molecule has 2 aromatic carbocycles. The molecule has 0 saturated carbocycles. The molecule has 0 aliphatic rings. The molecule has 0 saturated heterocycles. The average molecular weight is 401 g/mol. The van der Waals surface area contributed by atoms with Gasteiger partial charge in [-0.15, -0.1) is 11.8 Å². The lowest BCUT2D eigenvalue weighted by Crippen LogP contribution is -2.38. The van der Waals surface area contributed by atoms with Crippen LogP contribution in [0.25, 0.3) is 0 Å². The van der Waals surface area contributed by atoms with Crippen LogP contribution < -0.4 is 10.1 Å². The molecule has 1 N–H and O–H groups in total. The van der Waals surface area contributed by atoms with Crippen molar-refractivity contribution in [2.75, 3.05) is 12.9 Å². The van der Waals surface area contributed by atoms with E-state index in [0.29, 0.717) is 17.5 Å². The van der Waals surface area contributed by atoms with Crippen LogP contribution in [0.1, 0.15) is 19.4 Å². The van der Waals surface area contributed by atoms with E-state index < -0.39 is 33.6 Å². The molecule has 0 unspecified atom stereocenters. The number of hydrogen-bond acceptors (Lipinski definition) is 3. The molecule has 8 heteroatoms. The smallest absolute Gasteiger partial charge is 0.226 e. The fourth-order valence-corrected chi connectivity index (χ4v) is 3.25. The SMILES string of the molecule is COc1ccc(CNC(=O)C(C)(C)CSc2c(F)c(F)cc(F)c2F)cc1. The monoisotopic (exact) mass is 401 g/mol. The van der Waals surface area contributed by atoms with E-state index in [2.05, 4.69) is 5.32 Å². The molecule has 0 bridgehead atoms. The lowest BCUT2D eigenvalue weighted by molar-refractivity contribution is -0.128. The molecule has 0 heterocycles. The maximum atomic E-state index is 13.7. The second-order valence-electron chi connectivity index (χ2n) is 6.50. The molecule has 27 heavy (non-hydrogen) atoms. The number of amides is 1. The summed E-state index contributed by atoms with van der Waals surface area (Å²) >= 11 is 0.557. The second kappa shape index (κ2) is 8.65. The number of benzene rings is 2. The maximum Gasteiger partial charge on any atom is 0.226 e. The van der Waals surface area contributed by atoms with Crippen molar-refractivity contribution in [3.8, 4) is 5.75 Å². The standard InChI is InChI=1S/C19H19F4NO2S/c1-19(2,10-27-17-15(22)13(20)8-14(21)16(17)23)18(25)24-9-11-4-6-12(26-3)7-5-11/h4-8H,9-10H2,1-3H3,(H,24,25). The van der Waals surface area contributed by atoms with Crippen LogP contribution in [0.5, 0.6) is 5.75 Å². The third kappa shape index (κ3) is 5.15. The molecule has 0 aliphatic heterocycles.